The number of aromatic nitrogens is 4. The minimum Gasteiger partial charge on any atom is -0.491 e. The lowest BCUT2D eigenvalue weighted by atomic mass is 10.1. The molecule has 5 rings (SSSR count). The molecule has 0 bridgehead atoms. The second kappa shape index (κ2) is 7.31. The second-order valence-corrected chi connectivity index (χ2v) is 8.28. The third-order valence-electron chi connectivity index (χ3n) is 4.78. The van der Waals surface area contributed by atoms with Crippen LogP contribution < -0.4 is 5.56 Å². The molecule has 8 heteroatoms. The van der Waals surface area contributed by atoms with Crippen LogP contribution in [0.25, 0.3) is 28.0 Å². The van der Waals surface area contributed by atoms with Gasteiger partial charge in [0, 0.05) is 15.4 Å². The lowest BCUT2D eigenvalue weighted by molar-refractivity contribution is 0.237. The quantitative estimate of drug-likeness (QED) is 0.408. The van der Waals surface area contributed by atoms with Crippen molar-refractivity contribution >= 4 is 50.8 Å². The molecular weight excluding hydrogens is 503 g/mol. The summed E-state index contributed by atoms with van der Waals surface area (Å²) in [5.41, 5.74) is 2.98. The highest BCUT2D eigenvalue weighted by molar-refractivity contribution is 14.1. The van der Waals surface area contributed by atoms with Crippen molar-refractivity contribution in [2.75, 3.05) is 6.61 Å². The predicted molar refractivity (Wildman–Crippen MR) is 121 cm³/mol. The van der Waals surface area contributed by atoms with Crippen molar-refractivity contribution in [3.05, 3.63) is 84.9 Å². The van der Waals surface area contributed by atoms with Crippen LogP contribution in [0.1, 0.15) is 5.56 Å². The summed E-state index contributed by atoms with van der Waals surface area (Å²) in [6, 6.07) is 13.8. The number of hydrogen-bond acceptors (Lipinski definition) is 4. The Bertz CT molecular complexity index is 1320. The highest BCUT2D eigenvalue weighted by Gasteiger charge is 2.23. The van der Waals surface area contributed by atoms with Crippen molar-refractivity contribution in [2.45, 2.75) is 6.42 Å². The molecule has 0 unspecified atom stereocenters. The molecule has 0 radical (unpaired) electrons. The maximum absolute atomic E-state index is 12.3. The van der Waals surface area contributed by atoms with Gasteiger partial charge in [-0.2, -0.15) is 10.2 Å². The van der Waals surface area contributed by atoms with Crippen LogP contribution in [0.4, 0.5) is 0 Å². The van der Waals surface area contributed by atoms with Gasteiger partial charge in [-0.1, -0.05) is 35.9 Å². The van der Waals surface area contributed by atoms with Gasteiger partial charge in [-0.05, 0) is 58.5 Å². The van der Waals surface area contributed by atoms with Gasteiger partial charge in [0.05, 0.1) is 10.5 Å². The van der Waals surface area contributed by atoms with Crippen molar-refractivity contribution in [1.29, 1.82) is 0 Å². The zero-order valence-electron chi connectivity index (χ0n) is 15.0. The van der Waals surface area contributed by atoms with Gasteiger partial charge in [0.25, 0.3) is 5.56 Å². The molecule has 3 aliphatic heterocycles. The molecule has 2 aromatic rings. The highest BCUT2D eigenvalue weighted by Crippen LogP contribution is 2.33. The normalized spacial score (nSPS) is 14.0. The molecule has 0 amide bonds. The van der Waals surface area contributed by atoms with Crippen LogP contribution >= 0.6 is 34.2 Å². The Kier molecular flexibility index (Phi) is 4.63. The first kappa shape index (κ1) is 18.4. The summed E-state index contributed by atoms with van der Waals surface area (Å²) in [7, 11) is 0. The summed E-state index contributed by atoms with van der Waals surface area (Å²) >= 11 is 8.83. The Hall–Kier alpha value is -2.65. The fourth-order valence-electron chi connectivity index (χ4n) is 3.44. The van der Waals surface area contributed by atoms with Gasteiger partial charge in [0.1, 0.15) is 23.8 Å². The molecule has 0 aliphatic carbocycles. The number of ether oxygens (including phenoxy) is 1. The number of rotatable bonds is 3. The highest BCUT2D eigenvalue weighted by atomic mass is 127. The monoisotopic (exact) mass is 516 g/mol. The fraction of sp³-hybridized carbons (Fsp3) is 0.0952. The molecule has 6 nitrogen and oxygen atoms in total. The summed E-state index contributed by atoms with van der Waals surface area (Å²) < 4.78 is 8.84. The average molecular weight is 517 g/mol. The van der Waals surface area contributed by atoms with Crippen molar-refractivity contribution in [2.24, 2.45) is 0 Å². The number of nitrogens with zero attached hydrogens (tertiary/aromatic N) is 3. The number of nitrogens with one attached hydrogen (secondary N) is 1. The van der Waals surface area contributed by atoms with E-state index in [2.05, 4.69) is 62.2 Å². The van der Waals surface area contributed by atoms with E-state index in [4.69, 9.17) is 16.3 Å². The largest absolute Gasteiger partial charge is 0.491 e. The smallest absolute Gasteiger partial charge is 0.294 e. The van der Waals surface area contributed by atoms with E-state index in [1.54, 1.807) is 10.7 Å². The number of aromatic amines is 1. The van der Waals surface area contributed by atoms with Crippen LogP contribution in [-0.2, 0) is 11.2 Å². The van der Waals surface area contributed by atoms with Crippen LogP contribution in [0.15, 0.2) is 65.2 Å². The first-order valence-corrected chi connectivity index (χ1v) is 10.4. The lowest BCUT2D eigenvalue weighted by Crippen LogP contribution is -2.15. The molecule has 29 heavy (non-hydrogen) atoms. The molecule has 0 aromatic heterocycles. The van der Waals surface area contributed by atoms with Gasteiger partial charge in [0.15, 0.2) is 5.69 Å². The van der Waals surface area contributed by atoms with Gasteiger partial charge in [-0.25, -0.2) is 9.78 Å². The zero-order valence-corrected chi connectivity index (χ0v) is 17.9. The molecule has 3 aliphatic rings. The van der Waals surface area contributed by atoms with Crippen LogP contribution in [0.2, 0.25) is 5.02 Å². The van der Waals surface area contributed by atoms with Gasteiger partial charge in [-0.3, -0.25) is 4.79 Å². The Morgan fingerprint density at radius 2 is 2.00 bits per heavy atom. The Morgan fingerprint density at radius 3 is 2.83 bits per heavy atom. The standard InChI is InChI=1S/C21H14ClIN4O2/c22-15-4-1-3-14-18-19(21(28)25-24-18)26-27(20(14)15)16-5-2-10-29-17(16)11-12-6-8-13(23)9-7-12/h1-9H,10-11H2,(H,25,28). The molecule has 2 aromatic carbocycles. The fourth-order valence-corrected chi connectivity index (χ4v) is 4.05. The number of para-hydroxylation sites is 1. The number of hydrogen-bond donors (Lipinski definition) is 1. The van der Waals surface area contributed by atoms with Crippen molar-refractivity contribution in [3.8, 4) is 11.4 Å². The molecule has 0 saturated carbocycles. The molecule has 0 spiro atoms. The minimum atomic E-state index is -0.337. The number of allylic oxidation sites excluding steroid dienone is 3. The first-order valence-electron chi connectivity index (χ1n) is 8.95. The SMILES string of the molecule is O=c1[nH]nc2c3cccc(Cl)c3n(C3=C(Cc4ccc(I)cc4)OCC=C3)nc1-2. The van der Waals surface area contributed by atoms with Gasteiger partial charge in [0.2, 0.25) is 0 Å². The maximum Gasteiger partial charge on any atom is 0.294 e. The third-order valence-corrected chi connectivity index (χ3v) is 5.81. The summed E-state index contributed by atoms with van der Waals surface area (Å²) in [6.07, 6.45) is 4.48. The number of halogens is 2. The van der Waals surface area contributed by atoms with Gasteiger partial charge < -0.3 is 4.74 Å². The molecular formula is C21H14ClIN4O2. The third kappa shape index (κ3) is 3.24. The molecule has 3 heterocycles. The Balaban J connectivity index is 1.77. The minimum absolute atomic E-state index is 0.264. The summed E-state index contributed by atoms with van der Waals surface area (Å²) in [6.45, 7) is 0.482. The first-order chi connectivity index (χ1) is 14.1. The number of H-pyrrole nitrogens is 1. The van der Waals surface area contributed by atoms with Crippen LogP contribution in [0.3, 0.4) is 0 Å². The lowest BCUT2D eigenvalue weighted by Gasteiger charge is -2.21. The van der Waals surface area contributed by atoms with Crippen molar-refractivity contribution in [3.63, 3.8) is 0 Å². The van der Waals surface area contributed by atoms with Crippen molar-refractivity contribution in [1.82, 2.24) is 20.0 Å². The summed E-state index contributed by atoms with van der Waals surface area (Å²) in [4.78, 5) is 12.3. The zero-order chi connectivity index (χ0) is 20.0. The Labute approximate surface area is 184 Å². The molecule has 144 valence electrons. The van der Waals surface area contributed by atoms with E-state index >= 15 is 0 Å². The molecule has 0 saturated heterocycles. The van der Waals surface area contributed by atoms with Gasteiger partial charge >= 0.3 is 0 Å². The Morgan fingerprint density at radius 1 is 1.17 bits per heavy atom. The predicted octanol–water partition coefficient (Wildman–Crippen LogP) is 4.48. The van der Waals surface area contributed by atoms with E-state index in [0.29, 0.717) is 29.3 Å². The summed E-state index contributed by atoms with van der Waals surface area (Å²) in [5, 5.41) is 12.5. The average Bonchev–Trinajstić information content (AvgIpc) is 3.11. The number of benzene rings is 2. The van der Waals surface area contributed by atoms with E-state index in [1.807, 2.05) is 24.3 Å². The van der Waals surface area contributed by atoms with Crippen molar-refractivity contribution < 1.29 is 4.74 Å². The van der Waals surface area contributed by atoms with E-state index in [1.165, 1.54) is 3.57 Å². The van der Waals surface area contributed by atoms with E-state index in [9.17, 15) is 4.79 Å². The van der Waals surface area contributed by atoms with E-state index in [-0.39, 0.29) is 11.3 Å². The van der Waals surface area contributed by atoms with Crippen LogP contribution in [-0.4, -0.2) is 26.6 Å². The van der Waals surface area contributed by atoms with Crippen LogP contribution in [0, 0.1) is 3.57 Å². The molecule has 0 atom stereocenters. The molecule has 1 N–H and O–H groups in total. The van der Waals surface area contributed by atoms with Crippen LogP contribution in [0.5, 0.6) is 0 Å². The molecule has 0 fully saturated rings. The van der Waals surface area contributed by atoms with E-state index < -0.39 is 0 Å². The number of fused-ring (bicyclic) bond motifs is 3. The van der Waals surface area contributed by atoms with Gasteiger partial charge in [-0.15, -0.1) is 0 Å². The van der Waals surface area contributed by atoms with E-state index in [0.717, 1.165) is 22.4 Å². The second-order valence-electron chi connectivity index (χ2n) is 6.62. The maximum atomic E-state index is 12.3. The summed E-state index contributed by atoms with van der Waals surface area (Å²) in [5.74, 6) is 0.766. The topological polar surface area (TPSA) is 72.8 Å².